The number of nitrogens with zero attached hydrogens (tertiary/aromatic N) is 2. The molecule has 136 valence electrons. The topological polar surface area (TPSA) is 64.0 Å². The number of hydrogen-bond acceptors (Lipinski definition) is 3. The van der Waals surface area contributed by atoms with Gasteiger partial charge in [0.05, 0.1) is 17.1 Å². The monoisotopic (exact) mass is 433 g/mol. The predicted octanol–water partition coefficient (Wildman–Crippen LogP) is 3.79. The molecule has 0 radical (unpaired) electrons. The standard InChI is InChI=1S/C19H20BrN3O2S/c1-14-17(12-21-26(24,25)19-11-7-6-10-18(19)20)15(2)23(22-14)13-16-8-4-3-5-9-16/h3-11,21H,12-13H2,1-2H3. The molecule has 7 heteroatoms. The molecular weight excluding hydrogens is 414 g/mol. The molecule has 0 saturated heterocycles. The zero-order chi connectivity index (χ0) is 18.7. The van der Waals surface area contributed by atoms with E-state index in [2.05, 4.69) is 25.8 Å². The molecule has 5 nitrogen and oxygen atoms in total. The Labute approximate surface area is 162 Å². The van der Waals surface area contributed by atoms with Crippen molar-refractivity contribution in [1.29, 1.82) is 0 Å². The molecule has 0 aliphatic rings. The maximum Gasteiger partial charge on any atom is 0.241 e. The van der Waals surface area contributed by atoms with Gasteiger partial charge in [-0.05, 0) is 47.5 Å². The summed E-state index contributed by atoms with van der Waals surface area (Å²) >= 11 is 3.29. The number of halogens is 1. The number of benzene rings is 2. The normalized spacial score (nSPS) is 11.7. The quantitative estimate of drug-likeness (QED) is 0.642. The highest BCUT2D eigenvalue weighted by Crippen LogP contribution is 2.22. The van der Waals surface area contributed by atoms with Gasteiger partial charge in [-0.1, -0.05) is 42.5 Å². The maximum absolute atomic E-state index is 12.6. The summed E-state index contributed by atoms with van der Waals surface area (Å²) in [6.07, 6.45) is 0. The van der Waals surface area contributed by atoms with E-state index in [9.17, 15) is 8.42 Å². The molecule has 0 spiro atoms. The number of sulfonamides is 1. The first-order valence-electron chi connectivity index (χ1n) is 8.19. The third-order valence-corrected chi connectivity index (χ3v) is 6.69. The van der Waals surface area contributed by atoms with Crippen LogP contribution in [-0.2, 0) is 23.1 Å². The highest BCUT2D eigenvalue weighted by molar-refractivity contribution is 9.10. The molecule has 0 aliphatic carbocycles. The molecule has 3 rings (SSSR count). The summed E-state index contributed by atoms with van der Waals surface area (Å²) < 4.78 is 30.3. The average Bonchev–Trinajstić information content (AvgIpc) is 2.88. The minimum absolute atomic E-state index is 0.204. The predicted molar refractivity (Wildman–Crippen MR) is 105 cm³/mol. The van der Waals surface area contributed by atoms with Gasteiger partial charge in [-0.3, -0.25) is 4.68 Å². The molecule has 1 N–H and O–H groups in total. The van der Waals surface area contributed by atoms with Crippen molar-refractivity contribution in [2.45, 2.75) is 31.8 Å². The summed E-state index contributed by atoms with van der Waals surface area (Å²) in [5, 5.41) is 4.57. The zero-order valence-electron chi connectivity index (χ0n) is 14.6. The highest BCUT2D eigenvalue weighted by atomic mass is 79.9. The Balaban J connectivity index is 1.80. The van der Waals surface area contributed by atoms with E-state index in [0.717, 1.165) is 22.5 Å². The molecule has 26 heavy (non-hydrogen) atoms. The van der Waals surface area contributed by atoms with Crippen molar-refractivity contribution in [2.75, 3.05) is 0 Å². The second kappa shape index (κ2) is 7.73. The van der Waals surface area contributed by atoms with Crippen LogP contribution in [0.25, 0.3) is 0 Å². The molecule has 0 saturated carbocycles. The highest BCUT2D eigenvalue weighted by Gasteiger charge is 2.19. The first kappa shape index (κ1) is 18.8. The molecule has 1 aromatic heterocycles. The molecule has 2 aromatic carbocycles. The van der Waals surface area contributed by atoms with E-state index in [1.807, 2.05) is 48.9 Å². The van der Waals surface area contributed by atoms with Crippen molar-refractivity contribution in [2.24, 2.45) is 0 Å². The van der Waals surface area contributed by atoms with Gasteiger partial charge in [0.15, 0.2) is 0 Å². The van der Waals surface area contributed by atoms with E-state index in [0.29, 0.717) is 11.0 Å². The van der Waals surface area contributed by atoms with E-state index < -0.39 is 10.0 Å². The van der Waals surface area contributed by atoms with Gasteiger partial charge in [-0.25, -0.2) is 13.1 Å². The van der Waals surface area contributed by atoms with E-state index in [1.165, 1.54) is 0 Å². The number of rotatable bonds is 6. The Hall–Kier alpha value is -1.96. The Bertz CT molecular complexity index is 1010. The summed E-state index contributed by atoms with van der Waals surface area (Å²) in [5.41, 5.74) is 3.84. The number of nitrogens with one attached hydrogen (secondary N) is 1. The van der Waals surface area contributed by atoms with Crippen LogP contribution in [0.15, 0.2) is 64.0 Å². The summed E-state index contributed by atoms with van der Waals surface area (Å²) in [7, 11) is -3.61. The van der Waals surface area contributed by atoms with Crippen LogP contribution in [0.5, 0.6) is 0 Å². The molecule has 0 fully saturated rings. The van der Waals surface area contributed by atoms with Gasteiger partial charge < -0.3 is 0 Å². The van der Waals surface area contributed by atoms with Gasteiger partial charge in [0, 0.05) is 22.3 Å². The largest absolute Gasteiger partial charge is 0.265 e. The van der Waals surface area contributed by atoms with Crippen LogP contribution >= 0.6 is 15.9 Å². The Morgan fingerprint density at radius 2 is 1.69 bits per heavy atom. The lowest BCUT2D eigenvalue weighted by Crippen LogP contribution is -2.24. The third kappa shape index (κ3) is 4.06. The van der Waals surface area contributed by atoms with Crippen LogP contribution in [0, 0.1) is 13.8 Å². The SMILES string of the molecule is Cc1nn(Cc2ccccc2)c(C)c1CNS(=O)(=O)c1ccccc1Br. The van der Waals surface area contributed by atoms with Crippen molar-refractivity contribution >= 4 is 26.0 Å². The van der Waals surface area contributed by atoms with Crippen LogP contribution in [0.1, 0.15) is 22.5 Å². The maximum atomic E-state index is 12.6. The molecule has 0 amide bonds. The van der Waals surface area contributed by atoms with Gasteiger partial charge in [0.1, 0.15) is 0 Å². The molecule has 0 unspecified atom stereocenters. The van der Waals surface area contributed by atoms with E-state index >= 15 is 0 Å². The minimum Gasteiger partial charge on any atom is -0.265 e. The van der Waals surface area contributed by atoms with Crippen molar-refractivity contribution < 1.29 is 8.42 Å². The second-order valence-electron chi connectivity index (χ2n) is 6.05. The first-order valence-corrected chi connectivity index (χ1v) is 10.5. The fraction of sp³-hybridized carbons (Fsp3) is 0.211. The molecule has 0 aliphatic heterocycles. The van der Waals surface area contributed by atoms with Crippen LogP contribution < -0.4 is 4.72 Å². The van der Waals surface area contributed by atoms with Gasteiger partial charge in [0.25, 0.3) is 0 Å². The molecule has 0 atom stereocenters. The Morgan fingerprint density at radius 1 is 1.04 bits per heavy atom. The van der Waals surface area contributed by atoms with E-state index in [-0.39, 0.29) is 11.4 Å². The van der Waals surface area contributed by atoms with E-state index in [4.69, 9.17) is 0 Å². The van der Waals surface area contributed by atoms with Crippen LogP contribution in [0.2, 0.25) is 0 Å². The number of aryl methyl sites for hydroxylation is 1. The second-order valence-corrected chi connectivity index (χ2v) is 8.64. The van der Waals surface area contributed by atoms with Gasteiger partial charge in [0.2, 0.25) is 10.0 Å². The van der Waals surface area contributed by atoms with Crippen molar-refractivity contribution in [3.8, 4) is 0 Å². The fourth-order valence-electron chi connectivity index (χ4n) is 2.81. The lowest BCUT2D eigenvalue weighted by atomic mass is 10.2. The summed E-state index contributed by atoms with van der Waals surface area (Å²) in [4.78, 5) is 0.229. The van der Waals surface area contributed by atoms with Gasteiger partial charge >= 0.3 is 0 Å². The van der Waals surface area contributed by atoms with Crippen molar-refractivity contribution in [3.05, 3.63) is 81.6 Å². The molecule has 3 aromatic rings. The molecular formula is C19H20BrN3O2S. The first-order chi connectivity index (χ1) is 12.4. The lowest BCUT2D eigenvalue weighted by molar-refractivity contribution is 0.580. The average molecular weight is 434 g/mol. The Kier molecular flexibility index (Phi) is 5.60. The third-order valence-electron chi connectivity index (χ3n) is 4.27. The molecule has 1 heterocycles. The van der Waals surface area contributed by atoms with Crippen LogP contribution in [0.3, 0.4) is 0 Å². The van der Waals surface area contributed by atoms with Crippen molar-refractivity contribution in [3.63, 3.8) is 0 Å². The van der Waals surface area contributed by atoms with Crippen molar-refractivity contribution in [1.82, 2.24) is 14.5 Å². The lowest BCUT2D eigenvalue weighted by Gasteiger charge is -2.09. The summed E-state index contributed by atoms with van der Waals surface area (Å²) in [6.45, 7) is 4.72. The van der Waals surface area contributed by atoms with Gasteiger partial charge in [-0.15, -0.1) is 0 Å². The van der Waals surface area contributed by atoms with Gasteiger partial charge in [-0.2, -0.15) is 5.10 Å². The smallest absolute Gasteiger partial charge is 0.241 e. The van der Waals surface area contributed by atoms with E-state index in [1.54, 1.807) is 24.3 Å². The summed E-state index contributed by atoms with van der Waals surface area (Å²) in [6, 6.07) is 16.8. The summed E-state index contributed by atoms with van der Waals surface area (Å²) in [5.74, 6) is 0. The number of hydrogen-bond donors (Lipinski definition) is 1. The van der Waals surface area contributed by atoms with Crippen LogP contribution in [0.4, 0.5) is 0 Å². The minimum atomic E-state index is -3.61. The zero-order valence-corrected chi connectivity index (χ0v) is 17.0. The molecule has 0 bridgehead atoms. The van der Waals surface area contributed by atoms with Crippen LogP contribution in [-0.4, -0.2) is 18.2 Å². The number of aromatic nitrogens is 2. The Morgan fingerprint density at radius 3 is 2.38 bits per heavy atom. The fourth-order valence-corrected chi connectivity index (χ4v) is 4.80.